The number of ether oxygens (including phenoxy) is 3. The molecule has 0 saturated heterocycles. The molecule has 1 aromatic heterocycles. The van der Waals surface area contributed by atoms with Crippen LogP contribution in [-0.4, -0.2) is 42.5 Å². The van der Waals surface area contributed by atoms with Crippen LogP contribution in [-0.2, 0) is 16.1 Å². The number of nitrogens with one attached hydrogen (secondary N) is 1. The number of halogens is 1. The van der Waals surface area contributed by atoms with Crippen molar-refractivity contribution in [2.24, 2.45) is 0 Å². The summed E-state index contributed by atoms with van der Waals surface area (Å²) in [5.41, 5.74) is 1.02. The molecule has 0 fully saturated rings. The highest BCUT2D eigenvalue weighted by Gasteiger charge is 2.17. The molecular weight excluding hydrogens is 410 g/mol. The number of nitrogens with zero attached hydrogens (tertiary/aromatic N) is 2. The van der Waals surface area contributed by atoms with Crippen LogP contribution in [0.3, 0.4) is 0 Å². The van der Waals surface area contributed by atoms with Crippen molar-refractivity contribution in [1.29, 1.82) is 0 Å². The molecular formula is C21H20ClN3O5. The highest BCUT2D eigenvalue weighted by molar-refractivity contribution is 6.31. The van der Waals surface area contributed by atoms with E-state index >= 15 is 0 Å². The highest BCUT2D eigenvalue weighted by Crippen LogP contribution is 2.24. The lowest BCUT2D eigenvalue weighted by Crippen LogP contribution is -2.23. The van der Waals surface area contributed by atoms with Crippen molar-refractivity contribution in [3.63, 3.8) is 0 Å². The van der Waals surface area contributed by atoms with Gasteiger partial charge < -0.3 is 19.5 Å². The number of amides is 1. The van der Waals surface area contributed by atoms with E-state index in [-0.39, 0.29) is 5.56 Å². The van der Waals surface area contributed by atoms with E-state index in [0.29, 0.717) is 28.9 Å². The summed E-state index contributed by atoms with van der Waals surface area (Å²) < 4.78 is 17.0. The van der Waals surface area contributed by atoms with Crippen molar-refractivity contribution in [2.45, 2.75) is 6.54 Å². The first-order valence-corrected chi connectivity index (χ1v) is 9.34. The normalized spacial score (nSPS) is 10.4. The minimum absolute atomic E-state index is 0.161. The summed E-state index contributed by atoms with van der Waals surface area (Å²) in [6.45, 7) is -0.0977. The number of esters is 1. The molecule has 2 aromatic carbocycles. The molecule has 156 valence electrons. The molecule has 9 heteroatoms. The second-order valence-corrected chi connectivity index (χ2v) is 6.56. The summed E-state index contributed by atoms with van der Waals surface area (Å²) in [5, 5.41) is 7.47. The van der Waals surface area contributed by atoms with Gasteiger partial charge in [-0.3, -0.25) is 4.79 Å². The lowest BCUT2D eigenvalue weighted by Gasteiger charge is -2.12. The van der Waals surface area contributed by atoms with Crippen LogP contribution in [0.15, 0.2) is 54.7 Å². The Hall–Kier alpha value is -3.52. The van der Waals surface area contributed by atoms with E-state index in [2.05, 4.69) is 10.4 Å². The summed E-state index contributed by atoms with van der Waals surface area (Å²) in [6, 6.07) is 13.7. The molecule has 0 aliphatic heterocycles. The molecule has 1 N–H and O–H groups in total. The Bertz CT molecular complexity index is 1050. The third kappa shape index (κ3) is 5.09. The average molecular weight is 430 g/mol. The average Bonchev–Trinajstić information content (AvgIpc) is 3.19. The summed E-state index contributed by atoms with van der Waals surface area (Å²) in [6.07, 6.45) is 1.56. The number of anilines is 1. The Morgan fingerprint density at radius 2 is 1.90 bits per heavy atom. The predicted molar refractivity (Wildman–Crippen MR) is 111 cm³/mol. The van der Waals surface area contributed by atoms with Gasteiger partial charge >= 0.3 is 5.97 Å². The quantitative estimate of drug-likeness (QED) is 0.552. The van der Waals surface area contributed by atoms with Gasteiger partial charge in [0.2, 0.25) is 0 Å². The number of rotatable bonds is 8. The molecule has 1 heterocycles. The summed E-state index contributed by atoms with van der Waals surface area (Å²) in [7, 11) is 2.92. The zero-order chi connectivity index (χ0) is 21.5. The molecule has 0 radical (unpaired) electrons. The van der Waals surface area contributed by atoms with Gasteiger partial charge in [0, 0.05) is 11.1 Å². The second kappa shape index (κ2) is 9.80. The first-order chi connectivity index (χ1) is 14.5. The lowest BCUT2D eigenvalue weighted by atomic mass is 10.2. The van der Waals surface area contributed by atoms with Gasteiger partial charge in [-0.2, -0.15) is 5.10 Å². The molecule has 0 aliphatic carbocycles. The van der Waals surface area contributed by atoms with Gasteiger partial charge in [0.15, 0.2) is 6.61 Å². The smallest absolute Gasteiger partial charge is 0.342 e. The van der Waals surface area contributed by atoms with Crippen molar-refractivity contribution in [1.82, 2.24) is 9.78 Å². The molecule has 0 saturated carbocycles. The maximum Gasteiger partial charge on any atom is 0.342 e. The number of benzene rings is 2. The van der Waals surface area contributed by atoms with E-state index < -0.39 is 18.5 Å². The molecule has 0 aliphatic rings. The Morgan fingerprint density at radius 1 is 1.10 bits per heavy atom. The van der Waals surface area contributed by atoms with Gasteiger partial charge in [0.05, 0.1) is 27.0 Å². The number of carbonyl (C=O) groups excluding carboxylic acids is 2. The number of carbonyl (C=O) groups is 2. The van der Waals surface area contributed by atoms with Crippen molar-refractivity contribution in [3.8, 4) is 11.5 Å². The molecule has 0 unspecified atom stereocenters. The minimum Gasteiger partial charge on any atom is -0.497 e. The van der Waals surface area contributed by atoms with Gasteiger partial charge in [-0.25, -0.2) is 9.48 Å². The van der Waals surface area contributed by atoms with E-state index in [1.807, 2.05) is 18.2 Å². The molecule has 3 aromatic rings. The van der Waals surface area contributed by atoms with Gasteiger partial charge in [0.25, 0.3) is 5.91 Å². The fourth-order valence-electron chi connectivity index (χ4n) is 2.71. The molecule has 3 rings (SSSR count). The van der Waals surface area contributed by atoms with Crippen LogP contribution in [0.5, 0.6) is 11.5 Å². The van der Waals surface area contributed by atoms with E-state index in [1.54, 1.807) is 35.1 Å². The van der Waals surface area contributed by atoms with Crippen LogP contribution >= 0.6 is 11.6 Å². The van der Waals surface area contributed by atoms with Crippen molar-refractivity contribution >= 4 is 29.3 Å². The second-order valence-electron chi connectivity index (χ2n) is 6.16. The van der Waals surface area contributed by atoms with E-state index in [1.165, 1.54) is 20.3 Å². The standard InChI is InChI=1S/C21H20ClN3O5/c1-28-15-7-8-18(29-2)16(11-15)21(27)30-13-20(26)24-19-9-10-23-25(19)12-14-5-3-4-6-17(14)22/h3-11H,12-13H2,1-2H3,(H,24,26). The van der Waals surface area contributed by atoms with Crippen LogP contribution in [0.1, 0.15) is 15.9 Å². The van der Waals surface area contributed by atoms with Crippen LogP contribution < -0.4 is 14.8 Å². The van der Waals surface area contributed by atoms with Gasteiger partial charge in [-0.1, -0.05) is 29.8 Å². The topological polar surface area (TPSA) is 91.7 Å². The monoisotopic (exact) mass is 429 g/mol. The molecule has 0 atom stereocenters. The molecule has 0 spiro atoms. The van der Waals surface area contributed by atoms with Gasteiger partial charge in [0.1, 0.15) is 22.9 Å². The van der Waals surface area contributed by atoms with E-state index in [4.69, 9.17) is 25.8 Å². The van der Waals surface area contributed by atoms with Crippen LogP contribution in [0.25, 0.3) is 0 Å². The molecule has 8 nitrogen and oxygen atoms in total. The lowest BCUT2D eigenvalue weighted by molar-refractivity contribution is -0.119. The number of methoxy groups -OCH3 is 2. The van der Waals surface area contributed by atoms with Crippen molar-refractivity contribution in [3.05, 3.63) is 70.9 Å². The van der Waals surface area contributed by atoms with E-state index in [9.17, 15) is 9.59 Å². The summed E-state index contributed by atoms with van der Waals surface area (Å²) in [5.74, 6) is 0.0289. The van der Waals surface area contributed by atoms with Crippen LogP contribution in [0.2, 0.25) is 5.02 Å². The Balaban J connectivity index is 1.62. The van der Waals surface area contributed by atoms with Crippen molar-refractivity contribution in [2.75, 3.05) is 26.1 Å². The first-order valence-electron chi connectivity index (χ1n) is 8.96. The SMILES string of the molecule is COc1ccc(OC)c(C(=O)OCC(=O)Nc2ccnn2Cc2ccccc2Cl)c1. The minimum atomic E-state index is -0.703. The Labute approximate surface area is 178 Å². The largest absolute Gasteiger partial charge is 0.497 e. The van der Waals surface area contributed by atoms with Gasteiger partial charge in [-0.05, 0) is 29.8 Å². The van der Waals surface area contributed by atoms with E-state index in [0.717, 1.165) is 5.56 Å². The molecule has 1 amide bonds. The van der Waals surface area contributed by atoms with Crippen LogP contribution in [0, 0.1) is 0 Å². The Morgan fingerprint density at radius 3 is 2.63 bits per heavy atom. The highest BCUT2D eigenvalue weighted by atomic mass is 35.5. The van der Waals surface area contributed by atoms with Gasteiger partial charge in [-0.15, -0.1) is 0 Å². The fourth-order valence-corrected chi connectivity index (χ4v) is 2.91. The third-order valence-corrected chi connectivity index (χ3v) is 4.59. The first kappa shape index (κ1) is 21.2. The molecule has 30 heavy (non-hydrogen) atoms. The summed E-state index contributed by atoms with van der Waals surface area (Å²) >= 11 is 6.18. The summed E-state index contributed by atoms with van der Waals surface area (Å²) in [4.78, 5) is 24.7. The zero-order valence-electron chi connectivity index (χ0n) is 16.4. The zero-order valence-corrected chi connectivity index (χ0v) is 17.2. The number of hydrogen-bond donors (Lipinski definition) is 1. The number of aromatic nitrogens is 2. The third-order valence-electron chi connectivity index (χ3n) is 4.22. The fraction of sp³-hybridized carbons (Fsp3) is 0.190. The van der Waals surface area contributed by atoms with Crippen LogP contribution in [0.4, 0.5) is 5.82 Å². The Kier molecular flexibility index (Phi) is 6.92. The maximum atomic E-state index is 12.4. The maximum absolute atomic E-state index is 12.4. The molecule has 0 bridgehead atoms. The van der Waals surface area contributed by atoms with Crippen molar-refractivity contribution < 1.29 is 23.8 Å². The number of hydrogen-bond acceptors (Lipinski definition) is 6. The predicted octanol–water partition coefficient (Wildman–Crippen LogP) is 3.40.